The molecule has 0 bridgehead atoms. The SMILES string of the molecule is C=CN1CCCC1=O.[Ce+3].[Ce+3].[O-2].[O-2].[O-2]. The first kappa shape index (κ1) is 29.4. The molecule has 13 heavy (non-hydrogen) atoms. The summed E-state index contributed by atoms with van der Waals surface area (Å²) in [6.07, 6.45) is 3.28. The van der Waals surface area contributed by atoms with Gasteiger partial charge < -0.3 is 21.3 Å². The van der Waals surface area contributed by atoms with E-state index in [4.69, 9.17) is 0 Å². The molecule has 1 aliphatic heterocycles. The van der Waals surface area contributed by atoms with E-state index >= 15 is 0 Å². The van der Waals surface area contributed by atoms with E-state index in [9.17, 15) is 4.79 Å². The molecule has 70 valence electrons. The molecule has 0 aromatic rings. The summed E-state index contributed by atoms with van der Waals surface area (Å²) in [6, 6.07) is 0. The summed E-state index contributed by atoms with van der Waals surface area (Å²) >= 11 is 0. The van der Waals surface area contributed by atoms with Gasteiger partial charge in [-0.15, -0.1) is 0 Å². The van der Waals surface area contributed by atoms with Crippen LogP contribution in [0.25, 0.3) is 0 Å². The second-order valence-electron chi connectivity index (χ2n) is 1.87. The molecule has 1 aliphatic rings. The summed E-state index contributed by atoms with van der Waals surface area (Å²) in [6.45, 7) is 4.36. The largest absolute Gasteiger partial charge is 3.00 e. The predicted molar refractivity (Wildman–Crippen MR) is 33.2 cm³/mol. The average molecular weight is 439 g/mol. The number of hydrogen-bond acceptors (Lipinski definition) is 1. The van der Waals surface area contributed by atoms with Crippen molar-refractivity contribution in [3.8, 4) is 0 Å². The van der Waals surface area contributed by atoms with Crippen LogP contribution in [0.2, 0.25) is 0 Å². The van der Waals surface area contributed by atoms with Gasteiger partial charge in [0.15, 0.2) is 0 Å². The third-order valence-electron chi connectivity index (χ3n) is 1.33. The number of hydrogen-bond donors (Lipinski definition) is 0. The van der Waals surface area contributed by atoms with Gasteiger partial charge in [-0.2, -0.15) is 0 Å². The Morgan fingerprint density at radius 3 is 1.85 bits per heavy atom. The van der Waals surface area contributed by atoms with Gasteiger partial charge in [-0.1, -0.05) is 6.58 Å². The molecule has 0 unspecified atom stereocenters. The van der Waals surface area contributed by atoms with Gasteiger partial charge >= 0.3 is 83.5 Å². The smallest absolute Gasteiger partial charge is 2.00 e. The zero-order valence-electron chi connectivity index (χ0n) is 6.99. The predicted octanol–water partition coefficient (Wildman–Crippen LogP) is 0.396. The first-order valence-corrected chi connectivity index (χ1v) is 2.76. The van der Waals surface area contributed by atoms with Crippen LogP contribution in [0.4, 0.5) is 0 Å². The quantitative estimate of drug-likeness (QED) is 0.580. The van der Waals surface area contributed by atoms with E-state index in [0.717, 1.165) is 13.0 Å². The average Bonchev–Trinajstić information content (AvgIpc) is 2.14. The molecule has 0 aliphatic carbocycles. The molecule has 0 spiro atoms. The molecule has 1 fully saturated rings. The van der Waals surface area contributed by atoms with Crippen LogP contribution in [0, 0.1) is 83.5 Å². The fourth-order valence-corrected chi connectivity index (χ4v) is 0.862. The third kappa shape index (κ3) is 10.1. The van der Waals surface area contributed by atoms with E-state index in [0.29, 0.717) is 6.42 Å². The molecule has 1 saturated heterocycles. The Morgan fingerprint density at radius 2 is 1.69 bits per heavy atom. The van der Waals surface area contributed by atoms with Crippen molar-refractivity contribution in [1.82, 2.24) is 4.90 Å². The van der Waals surface area contributed by atoms with Crippen molar-refractivity contribution in [2.24, 2.45) is 0 Å². The van der Waals surface area contributed by atoms with Crippen molar-refractivity contribution < 1.29 is 105 Å². The zero-order chi connectivity index (χ0) is 5.98. The normalized spacial score (nSPS) is 12.0. The molecule has 2 radical (unpaired) electrons. The summed E-state index contributed by atoms with van der Waals surface area (Å²) < 4.78 is 0. The molecule has 0 N–H and O–H groups in total. The van der Waals surface area contributed by atoms with Crippen LogP contribution in [-0.2, 0) is 21.2 Å². The molecule has 0 saturated carbocycles. The van der Waals surface area contributed by atoms with Crippen molar-refractivity contribution in [3.05, 3.63) is 12.8 Å². The monoisotopic (exact) mass is 439 g/mol. The maximum atomic E-state index is 10.7. The van der Waals surface area contributed by atoms with Crippen LogP contribution in [0.3, 0.4) is 0 Å². The van der Waals surface area contributed by atoms with Crippen molar-refractivity contribution in [3.63, 3.8) is 0 Å². The Labute approximate surface area is 145 Å². The molecular weight excluding hydrogens is 430 g/mol. The van der Waals surface area contributed by atoms with Gasteiger partial charge in [-0.25, -0.2) is 0 Å². The van der Waals surface area contributed by atoms with Crippen molar-refractivity contribution in [2.75, 3.05) is 6.54 Å². The summed E-state index contributed by atoms with van der Waals surface area (Å²) in [7, 11) is 0. The van der Waals surface area contributed by atoms with Crippen LogP contribution in [0.15, 0.2) is 12.8 Å². The van der Waals surface area contributed by atoms with Gasteiger partial charge in [0.05, 0.1) is 0 Å². The van der Waals surface area contributed by atoms with Gasteiger partial charge in [-0.3, -0.25) is 4.79 Å². The standard InChI is InChI=1S/C6H9NO.2Ce.3O/c1-2-7-5-3-4-6(7)8;;;;;/h2H,1,3-5H2;;;;;/q;2*+3;3*-2. The van der Waals surface area contributed by atoms with E-state index in [2.05, 4.69) is 6.58 Å². The number of amides is 1. The molecule has 0 aromatic heterocycles. The van der Waals surface area contributed by atoms with Gasteiger partial charge in [0, 0.05) is 13.0 Å². The Bertz CT molecular complexity index is 134. The molecule has 0 aromatic carbocycles. The fraction of sp³-hybridized carbons (Fsp3) is 0.500. The van der Waals surface area contributed by atoms with Gasteiger partial charge in [0.2, 0.25) is 5.91 Å². The number of likely N-dealkylation sites (tertiary alicyclic amines) is 1. The Hall–Kier alpha value is 1.84. The minimum atomic E-state index is 0. The first-order chi connectivity index (χ1) is 3.84. The third-order valence-corrected chi connectivity index (χ3v) is 1.33. The van der Waals surface area contributed by atoms with E-state index in [1.807, 2.05) is 0 Å². The molecule has 1 amide bonds. The van der Waals surface area contributed by atoms with Crippen LogP contribution in [0.1, 0.15) is 12.8 Å². The maximum absolute atomic E-state index is 10.7. The van der Waals surface area contributed by atoms with Crippen molar-refractivity contribution in [2.45, 2.75) is 12.8 Å². The van der Waals surface area contributed by atoms with Gasteiger partial charge in [-0.05, 0) is 12.6 Å². The number of carbonyl (C=O) groups excluding carboxylic acids is 1. The maximum Gasteiger partial charge on any atom is 3.00 e. The first-order valence-electron chi connectivity index (χ1n) is 2.76. The number of nitrogens with zero attached hydrogens (tertiary/aromatic N) is 1. The van der Waals surface area contributed by atoms with Gasteiger partial charge in [0.25, 0.3) is 0 Å². The van der Waals surface area contributed by atoms with E-state index in [-0.39, 0.29) is 106 Å². The molecule has 1 heterocycles. The van der Waals surface area contributed by atoms with Crippen LogP contribution in [-0.4, -0.2) is 17.4 Å². The molecule has 5 nitrogen and oxygen atoms in total. The van der Waals surface area contributed by atoms with Crippen LogP contribution >= 0.6 is 0 Å². The molecule has 1 rings (SSSR count). The minimum Gasteiger partial charge on any atom is -2.00 e. The zero-order valence-corrected chi connectivity index (χ0v) is 13.3. The van der Waals surface area contributed by atoms with Crippen molar-refractivity contribution >= 4 is 5.91 Å². The molecule has 7 heteroatoms. The fourth-order valence-electron chi connectivity index (χ4n) is 0.862. The molecule has 0 atom stereocenters. The Balaban J connectivity index is -0.0000000427. The van der Waals surface area contributed by atoms with Crippen molar-refractivity contribution in [1.29, 1.82) is 0 Å². The summed E-state index contributed by atoms with van der Waals surface area (Å²) in [4.78, 5) is 12.3. The summed E-state index contributed by atoms with van der Waals surface area (Å²) in [5.74, 6) is 0.208. The number of carbonyl (C=O) groups is 1. The van der Waals surface area contributed by atoms with Gasteiger partial charge in [0.1, 0.15) is 0 Å². The topological polar surface area (TPSA) is 106 Å². The van der Waals surface area contributed by atoms with E-state index in [1.165, 1.54) is 0 Å². The molecular formula is C6H9Ce2NO4. The second kappa shape index (κ2) is 16.3. The second-order valence-corrected chi connectivity index (χ2v) is 1.87. The Morgan fingerprint density at radius 1 is 1.23 bits per heavy atom. The number of rotatable bonds is 1. The Kier molecular flexibility index (Phi) is 36.8. The summed E-state index contributed by atoms with van der Waals surface area (Å²) in [5, 5.41) is 0. The summed E-state index contributed by atoms with van der Waals surface area (Å²) in [5.41, 5.74) is 0. The van der Waals surface area contributed by atoms with Crippen LogP contribution < -0.4 is 0 Å². The van der Waals surface area contributed by atoms with E-state index < -0.39 is 0 Å². The van der Waals surface area contributed by atoms with E-state index in [1.54, 1.807) is 11.1 Å². The van der Waals surface area contributed by atoms with Crippen LogP contribution in [0.5, 0.6) is 0 Å². The minimum absolute atomic E-state index is 0.